The van der Waals surface area contributed by atoms with E-state index in [4.69, 9.17) is 4.74 Å². The van der Waals surface area contributed by atoms with Crippen LogP contribution in [-0.2, 0) is 22.5 Å². The van der Waals surface area contributed by atoms with Crippen LogP contribution in [0.1, 0.15) is 43.7 Å². The maximum absolute atomic E-state index is 11.5. The molecule has 3 nitrogen and oxygen atoms in total. The summed E-state index contributed by atoms with van der Waals surface area (Å²) >= 11 is 0. The fourth-order valence-electron chi connectivity index (χ4n) is 2.89. The Balaban J connectivity index is 1.98. The van der Waals surface area contributed by atoms with Crippen molar-refractivity contribution < 1.29 is 9.53 Å². The average Bonchev–Trinajstić information content (AvgIpc) is 2.50. The molecule has 1 aliphatic heterocycles. The molecule has 1 saturated heterocycles. The van der Waals surface area contributed by atoms with Crippen LogP contribution in [0.4, 0.5) is 0 Å². The van der Waals surface area contributed by atoms with Crippen LogP contribution < -0.4 is 0 Å². The maximum atomic E-state index is 11.5. The molecule has 0 N–H and O–H groups in total. The van der Waals surface area contributed by atoms with Crippen molar-refractivity contribution in [2.75, 3.05) is 13.7 Å². The normalized spacial score (nSPS) is 19.8. The molecule has 0 radical (unpaired) electrons. The van der Waals surface area contributed by atoms with E-state index in [2.05, 4.69) is 36.1 Å². The molecule has 0 bridgehead atoms. The van der Waals surface area contributed by atoms with Gasteiger partial charge in [0.25, 0.3) is 0 Å². The molecule has 110 valence electrons. The molecule has 1 atom stereocenters. The highest BCUT2D eigenvalue weighted by Crippen LogP contribution is 2.22. The van der Waals surface area contributed by atoms with Gasteiger partial charge in [0, 0.05) is 12.6 Å². The SMILES string of the molecule is CCc1ccc(CN2CCCCC2CC(=O)OC)cc1. The Morgan fingerprint density at radius 3 is 2.60 bits per heavy atom. The van der Waals surface area contributed by atoms with Crippen LogP contribution in [0.3, 0.4) is 0 Å². The highest BCUT2D eigenvalue weighted by Gasteiger charge is 2.24. The molecule has 2 rings (SSSR count). The molecule has 0 spiro atoms. The third-order valence-corrected chi connectivity index (χ3v) is 4.20. The van der Waals surface area contributed by atoms with Crippen LogP contribution >= 0.6 is 0 Å². The first-order valence-corrected chi connectivity index (χ1v) is 7.61. The Morgan fingerprint density at radius 1 is 1.25 bits per heavy atom. The molecule has 0 aromatic heterocycles. The highest BCUT2D eigenvalue weighted by molar-refractivity contribution is 5.69. The van der Waals surface area contributed by atoms with Crippen LogP contribution in [0.5, 0.6) is 0 Å². The number of aryl methyl sites for hydroxylation is 1. The van der Waals surface area contributed by atoms with Gasteiger partial charge in [-0.2, -0.15) is 0 Å². The summed E-state index contributed by atoms with van der Waals surface area (Å²) < 4.78 is 4.82. The Kier molecular flexibility index (Phi) is 5.60. The maximum Gasteiger partial charge on any atom is 0.307 e. The molecule has 1 aromatic carbocycles. The second-order valence-electron chi connectivity index (χ2n) is 5.57. The smallest absolute Gasteiger partial charge is 0.307 e. The largest absolute Gasteiger partial charge is 0.469 e. The lowest BCUT2D eigenvalue weighted by Crippen LogP contribution is -2.40. The lowest BCUT2D eigenvalue weighted by molar-refractivity contribution is -0.142. The summed E-state index contributed by atoms with van der Waals surface area (Å²) in [6.45, 7) is 4.19. The average molecular weight is 275 g/mol. The minimum atomic E-state index is -0.0942. The molecule has 1 heterocycles. The summed E-state index contributed by atoms with van der Waals surface area (Å²) in [4.78, 5) is 13.9. The van der Waals surface area contributed by atoms with E-state index in [1.165, 1.54) is 31.1 Å². The molecular weight excluding hydrogens is 250 g/mol. The van der Waals surface area contributed by atoms with Crippen molar-refractivity contribution in [3.05, 3.63) is 35.4 Å². The standard InChI is InChI=1S/C17H25NO2/c1-3-14-7-9-15(10-8-14)13-18-11-5-4-6-16(18)12-17(19)20-2/h7-10,16H,3-6,11-13H2,1-2H3. The Morgan fingerprint density at radius 2 is 1.95 bits per heavy atom. The highest BCUT2D eigenvalue weighted by atomic mass is 16.5. The number of ether oxygens (including phenoxy) is 1. The van der Waals surface area contributed by atoms with Gasteiger partial charge in [0.2, 0.25) is 0 Å². The third-order valence-electron chi connectivity index (χ3n) is 4.20. The van der Waals surface area contributed by atoms with Crippen molar-refractivity contribution in [3.8, 4) is 0 Å². The summed E-state index contributed by atoms with van der Waals surface area (Å²) in [5.74, 6) is -0.0942. The number of carbonyl (C=O) groups is 1. The first kappa shape index (κ1) is 15.0. The number of carbonyl (C=O) groups excluding carboxylic acids is 1. The van der Waals surface area contributed by atoms with Crippen LogP contribution in [-0.4, -0.2) is 30.6 Å². The van der Waals surface area contributed by atoms with Crippen LogP contribution in [0.25, 0.3) is 0 Å². The molecule has 0 aliphatic carbocycles. The number of nitrogens with zero attached hydrogens (tertiary/aromatic N) is 1. The zero-order valence-electron chi connectivity index (χ0n) is 12.6. The van der Waals surface area contributed by atoms with Crippen molar-refractivity contribution in [1.29, 1.82) is 0 Å². The quantitative estimate of drug-likeness (QED) is 0.773. The van der Waals surface area contributed by atoms with Crippen LogP contribution in [0.15, 0.2) is 24.3 Å². The molecule has 1 fully saturated rings. The van der Waals surface area contributed by atoms with Crippen molar-refractivity contribution in [1.82, 2.24) is 4.90 Å². The predicted octanol–water partition coefficient (Wildman–Crippen LogP) is 3.17. The summed E-state index contributed by atoms with van der Waals surface area (Å²) in [6.07, 6.45) is 5.14. The number of likely N-dealkylation sites (tertiary alicyclic amines) is 1. The first-order chi connectivity index (χ1) is 9.72. The Hall–Kier alpha value is -1.35. The number of esters is 1. The van der Waals surface area contributed by atoms with Gasteiger partial charge in [-0.25, -0.2) is 0 Å². The fraction of sp³-hybridized carbons (Fsp3) is 0.588. The van der Waals surface area contributed by atoms with E-state index in [0.717, 1.165) is 25.9 Å². The number of piperidine rings is 1. The predicted molar refractivity (Wildman–Crippen MR) is 80.5 cm³/mol. The molecule has 1 aromatic rings. The monoisotopic (exact) mass is 275 g/mol. The van der Waals surface area contributed by atoms with Crippen LogP contribution in [0.2, 0.25) is 0 Å². The molecule has 0 amide bonds. The Labute approximate surface area is 121 Å². The van der Waals surface area contributed by atoms with E-state index in [-0.39, 0.29) is 5.97 Å². The van der Waals surface area contributed by atoms with Gasteiger partial charge in [0.15, 0.2) is 0 Å². The summed E-state index contributed by atoms with van der Waals surface area (Å²) in [5.41, 5.74) is 2.71. The van der Waals surface area contributed by atoms with Gasteiger partial charge in [0.1, 0.15) is 0 Å². The number of benzene rings is 1. The van der Waals surface area contributed by atoms with E-state index >= 15 is 0 Å². The van der Waals surface area contributed by atoms with Gasteiger partial charge < -0.3 is 4.74 Å². The number of hydrogen-bond donors (Lipinski definition) is 0. The summed E-state index contributed by atoms with van der Waals surface area (Å²) in [7, 11) is 1.47. The number of hydrogen-bond acceptors (Lipinski definition) is 3. The van der Waals surface area contributed by atoms with Crippen molar-refractivity contribution in [2.24, 2.45) is 0 Å². The van der Waals surface area contributed by atoms with E-state index in [1.807, 2.05) is 0 Å². The van der Waals surface area contributed by atoms with E-state index < -0.39 is 0 Å². The lowest BCUT2D eigenvalue weighted by Gasteiger charge is -2.35. The second kappa shape index (κ2) is 7.44. The Bertz CT molecular complexity index is 427. The molecular formula is C17H25NO2. The molecule has 1 aliphatic rings. The lowest BCUT2D eigenvalue weighted by atomic mass is 9.98. The summed E-state index contributed by atoms with van der Waals surface area (Å²) in [5, 5.41) is 0. The third kappa shape index (κ3) is 4.07. The molecule has 3 heteroatoms. The van der Waals surface area contributed by atoms with Gasteiger partial charge in [-0.1, -0.05) is 37.6 Å². The zero-order valence-corrected chi connectivity index (χ0v) is 12.6. The zero-order chi connectivity index (χ0) is 14.4. The van der Waals surface area contributed by atoms with Crippen molar-refractivity contribution in [2.45, 2.75) is 51.6 Å². The van der Waals surface area contributed by atoms with E-state index in [0.29, 0.717) is 12.5 Å². The molecule has 20 heavy (non-hydrogen) atoms. The van der Waals surface area contributed by atoms with Gasteiger partial charge in [-0.3, -0.25) is 9.69 Å². The second-order valence-corrected chi connectivity index (χ2v) is 5.57. The van der Waals surface area contributed by atoms with Crippen LogP contribution in [0, 0.1) is 0 Å². The van der Waals surface area contributed by atoms with Crippen molar-refractivity contribution in [3.63, 3.8) is 0 Å². The van der Waals surface area contributed by atoms with Gasteiger partial charge >= 0.3 is 5.97 Å². The van der Waals surface area contributed by atoms with Gasteiger partial charge in [-0.05, 0) is 36.9 Å². The topological polar surface area (TPSA) is 29.5 Å². The number of rotatable bonds is 5. The minimum absolute atomic E-state index is 0.0942. The van der Waals surface area contributed by atoms with E-state index in [9.17, 15) is 4.79 Å². The minimum Gasteiger partial charge on any atom is -0.469 e. The van der Waals surface area contributed by atoms with Gasteiger partial charge in [-0.15, -0.1) is 0 Å². The fourth-order valence-corrected chi connectivity index (χ4v) is 2.89. The molecule has 1 unspecified atom stereocenters. The summed E-state index contributed by atoms with van der Waals surface area (Å²) in [6, 6.07) is 9.16. The van der Waals surface area contributed by atoms with E-state index in [1.54, 1.807) is 0 Å². The number of methoxy groups -OCH3 is 1. The van der Waals surface area contributed by atoms with Gasteiger partial charge in [0.05, 0.1) is 13.5 Å². The molecule has 0 saturated carbocycles. The first-order valence-electron chi connectivity index (χ1n) is 7.61. The van der Waals surface area contributed by atoms with Crippen molar-refractivity contribution >= 4 is 5.97 Å².